The van der Waals surface area contributed by atoms with Crippen LogP contribution in [0.4, 0.5) is 24.5 Å². The number of nitrogens with zero attached hydrogens (tertiary/aromatic N) is 4. The monoisotopic (exact) mass is 340 g/mol. The van der Waals surface area contributed by atoms with Gasteiger partial charge in [-0.05, 0) is 30.3 Å². The van der Waals surface area contributed by atoms with Crippen LogP contribution in [-0.4, -0.2) is 9.97 Å². The molecule has 0 saturated carbocycles. The molecular formula is C18H11F3N4. The zero-order valence-electron chi connectivity index (χ0n) is 12.8. The zero-order chi connectivity index (χ0) is 17.8. The molecule has 4 nitrogen and oxygen atoms in total. The Labute approximate surface area is 141 Å². The molecule has 0 aliphatic rings. The molecule has 3 aromatic rings. The van der Waals surface area contributed by atoms with Gasteiger partial charge in [0.25, 0.3) is 0 Å². The number of nitriles is 1. The molecule has 25 heavy (non-hydrogen) atoms. The molecule has 3 rings (SSSR count). The Hall–Kier alpha value is -3.40. The number of anilines is 2. The van der Waals surface area contributed by atoms with Crippen molar-refractivity contribution < 1.29 is 13.2 Å². The van der Waals surface area contributed by atoms with E-state index >= 15 is 0 Å². The first-order chi connectivity index (χ1) is 12.1. The van der Waals surface area contributed by atoms with Crippen molar-refractivity contribution in [3.63, 3.8) is 0 Å². The van der Waals surface area contributed by atoms with Crippen molar-refractivity contribution in [3.8, 4) is 6.07 Å². The highest BCUT2D eigenvalue weighted by Crippen LogP contribution is 2.28. The summed E-state index contributed by atoms with van der Waals surface area (Å²) in [5, 5.41) is 8.90. The maximum absolute atomic E-state index is 14.0. The summed E-state index contributed by atoms with van der Waals surface area (Å²) < 4.78 is 40.7. The molecule has 0 spiro atoms. The molecule has 0 radical (unpaired) electrons. The van der Waals surface area contributed by atoms with E-state index < -0.39 is 17.5 Å². The van der Waals surface area contributed by atoms with Crippen molar-refractivity contribution in [1.29, 1.82) is 5.26 Å². The zero-order valence-corrected chi connectivity index (χ0v) is 12.8. The van der Waals surface area contributed by atoms with Crippen LogP contribution in [0, 0.1) is 28.8 Å². The maximum atomic E-state index is 14.0. The molecule has 0 N–H and O–H groups in total. The van der Waals surface area contributed by atoms with E-state index in [9.17, 15) is 13.2 Å². The molecule has 1 heterocycles. The second-order valence-corrected chi connectivity index (χ2v) is 5.20. The normalized spacial score (nSPS) is 10.3. The first-order valence-electron chi connectivity index (χ1n) is 7.24. The quantitative estimate of drug-likeness (QED) is 0.671. The van der Waals surface area contributed by atoms with Gasteiger partial charge in [-0.3, -0.25) is 0 Å². The fourth-order valence-electron chi connectivity index (χ4n) is 2.33. The maximum Gasteiger partial charge on any atom is 0.161 e. The average molecular weight is 340 g/mol. The molecule has 0 aliphatic carbocycles. The first kappa shape index (κ1) is 16.5. The van der Waals surface area contributed by atoms with Crippen LogP contribution in [0.15, 0.2) is 55.1 Å². The van der Waals surface area contributed by atoms with E-state index in [0.717, 1.165) is 6.07 Å². The number of hydrogen-bond donors (Lipinski definition) is 0. The van der Waals surface area contributed by atoms with Gasteiger partial charge in [0.05, 0.1) is 36.3 Å². The second-order valence-electron chi connectivity index (χ2n) is 5.20. The molecule has 1 aromatic heterocycles. The van der Waals surface area contributed by atoms with Crippen LogP contribution in [0.2, 0.25) is 0 Å². The SMILES string of the molecule is N#Cc1ccc(N(Cc2cc(F)c(F)cc2F)c2cncnc2)cc1. The number of benzene rings is 2. The third kappa shape index (κ3) is 3.58. The summed E-state index contributed by atoms with van der Waals surface area (Å²) >= 11 is 0. The predicted molar refractivity (Wildman–Crippen MR) is 85.3 cm³/mol. The van der Waals surface area contributed by atoms with Crippen molar-refractivity contribution in [3.05, 3.63) is 83.7 Å². The van der Waals surface area contributed by atoms with Crippen molar-refractivity contribution in [1.82, 2.24) is 9.97 Å². The molecule has 0 atom stereocenters. The van der Waals surface area contributed by atoms with Gasteiger partial charge in [0.15, 0.2) is 11.6 Å². The highest BCUT2D eigenvalue weighted by Gasteiger charge is 2.16. The summed E-state index contributed by atoms with van der Waals surface area (Å²) in [6.07, 6.45) is 4.38. The standard InChI is InChI=1S/C18H11F3N4/c19-16-6-18(21)17(20)5-13(16)10-25(15-8-23-11-24-9-15)14-3-1-12(7-22)2-4-14/h1-6,8-9,11H,10H2. The number of halogens is 3. The van der Waals surface area contributed by atoms with Crippen LogP contribution in [0.3, 0.4) is 0 Å². The lowest BCUT2D eigenvalue weighted by Crippen LogP contribution is -2.18. The smallest absolute Gasteiger partial charge is 0.161 e. The van der Waals surface area contributed by atoms with Crippen LogP contribution < -0.4 is 4.90 Å². The Balaban J connectivity index is 2.03. The minimum Gasteiger partial charge on any atom is -0.334 e. The minimum atomic E-state index is -1.24. The van der Waals surface area contributed by atoms with E-state index in [-0.39, 0.29) is 12.1 Å². The third-order valence-corrected chi connectivity index (χ3v) is 3.58. The van der Waals surface area contributed by atoms with E-state index in [2.05, 4.69) is 9.97 Å². The average Bonchev–Trinajstić information content (AvgIpc) is 2.64. The van der Waals surface area contributed by atoms with Gasteiger partial charge in [-0.25, -0.2) is 23.1 Å². The number of rotatable bonds is 4. The molecule has 7 heteroatoms. The molecule has 2 aromatic carbocycles. The molecule has 0 bridgehead atoms. The van der Waals surface area contributed by atoms with Crippen LogP contribution in [0.1, 0.15) is 11.1 Å². The van der Waals surface area contributed by atoms with E-state index in [4.69, 9.17) is 5.26 Å². The van der Waals surface area contributed by atoms with Gasteiger partial charge >= 0.3 is 0 Å². The Morgan fingerprint density at radius 2 is 1.52 bits per heavy atom. The van der Waals surface area contributed by atoms with Crippen LogP contribution in [0.5, 0.6) is 0 Å². The summed E-state index contributed by atoms with van der Waals surface area (Å²) in [5.74, 6) is -3.22. The van der Waals surface area contributed by atoms with Gasteiger partial charge < -0.3 is 4.90 Å². The van der Waals surface area contributed by atoms with Gasteiger partial charge in [-0.15, -0.1) is 0 Å². The van der Waals surface area contributed by atoms with E-state index in [0.29, 0.717) is 23.0 Å². The largest absolute Gasteiger partial charge is 0.334 e. The van der Waals surface area contributed by atoms with Gasteiger partial charge in [0.1, 0.15) is 12.1 Å². The Bertz CT molecular complexity index is 922. The predicted octanol–water partition coefficient (Wildman–Crippen LogP) is 4.10. The van der Waals surface area contributed by atoms with Gasteiger partial charge in [0, 0.05) is 17.3 Å². The van der Waals surface area contributed by atoms with E-state index in [1.165, 1.54) is 18.7 Å². The molecule has 0 unspecified atom stereocenters. The number of hydrogen-bond acceptors (Lipinski definition) is 4. The van der Waals surface area contributed by atoms with E-state index in [1.54, 1.807) is 29.2 Å². The number of aromatic nitrogens is 2. The van der Waals surface area contributed by atoms with Crippen molar-refractivity contribution >= 4 is 11.4 Å². The molecule has 0 aliphatic heterocycles. The summed E-state index contributed by atoms with van der Waals surface area (Å²) in [6.45, 7) is -0.0672. The van der Waals surface area contributed by atoms with Gasteiger partial charge in [0.2, 0.25) is 0 Å². The summed E-state index contributed by atoms with van der Waals surface area (Å²) in [4.78, 5) is 9.49. The fourth-order valence-corrected chi connectivity index (χ4v) is 2.33. The molecule has 0 saturated heterocycles. The summed E-state index contributed by atoms with van der Waals surface area (Å²) in [5.41, 5.74) is 1.61. The van der Waals surface area contributed by atoms with Crippen LogP contribution >= 0.6 is 0 Å². The summed E-state index contributed by atoms with van der Waals surface area (Å²) in [6, 6.07) is 9.90. The Morgan fingerprint density at radius 1 is 0.880 bits per heavy atom. The molecular weight excluding hydrogens is 329 g/mol. The topological polar surface area (TPSA) is 52.8 Å². The lowest BCUT2D eigenvalue weighted by Gasteiger charge is -2.24. The second kappa shape index (κ2) is 7.01. The molecule has 124 valence electrons. The Kier molecular flexibility index (Phi) is 4.61. The molecule has 0 amide bonds. The van der Waals surface area contributed by atoms with Crippen LogP contribution in [-0.2, 0) is 6.54 Å². The van der Waals surface area contributed by atoms with Crippen molar-refractivity contribution in [2.75, 3.05) is 4.90 Å². The lowest BCUT2D eigenvalue weighted by atomic mass is 10.1. The fraction of sp³-hybridized carbons (Fsp3) is 0.0556. The van der Waals surface area contributed by atoms with Crippen molar-refractivity contribution in [2.24, 2.45) is 0 Å². The van der Waals surface area contributed by atoms with Crippen molar-refractivity contribution in [2.45, 2.75) is 6.54 Å². The highest BCUT2D eigenvalue weighted by atomic mass is 19.2. The highest BCUT2D eigenvalue weighted by molar-refractivity contribution is 5.62. The van der Waals surface area contributed by atoms with E-state index in [1.807, 2.05) is 6.07 Å². The summed E-state index contributed by atoms with van der Waals surface area (Å²) in [7, 11) is 0. The Morgan fingerprint density at radius 3 is 2.16 bits per heavy atom. The van der Waals surface area contributed by atoms with Gasteiger partial charge in [-0.2, -0.15) is 5.26 Å². The first-order valence-corrected chi connectivity index (χ1v) is 7.24. The third-order valence-electron chi connectivity index (χ3n) is 3.58. The minimum absolute atomic E-state index is 0.0212. The van der Waals surface area contributed by atoms with Gasteiger partial charge in [-0.1, -0.05) is 0 Å². The molecule has 0 fully saturated rings. The lowest BCUT2D eigenvalue weighted by molar-refractivity contribution is 0.490. The van der Waals surface area contributed by atoms with Crippen LogP contribution in [0.25, 0.3) is 0 Å².